The van der Waals surface area contributed by atoms with Gasteiger partial charge in [-0.05, 0) is 51.6 Å². The molecule has 2 nitrogen and oxygen atoms in total. The third-order valence-corrected chi connectivity index (χ3v) is 3.75. The fourth-order valence-electron chi connectivity index (χ4n) is 2.89. The van der Waals surface area contributed by atoms with Crippen LogP contribution in [-0.4, -0.2) is 36.7 Å². The van der Waals surface area contributed by atoms with E-state index in [0.29, 0.717) is 6.10 Å². The third kappa shape index (κ3) is 2.48. The fourth-order valence-corrected chi connectivity index (χ4v) is 2.89. The van der Waals surface area contributed by atoms with Crippen LogP contribution in [0.15, 0.2) is 0 Å². The van der Waals surface area contributed by atoms with Gasteiger partial charge in [0.15, 0.2) is 0 Å². The Bertz CT molecular complexity index is 166. The molecule has 0 bridgehead atoms. The van der Waals surface area contributed by atoms with Crippen molar-refractivity contribution in [2.24, 2.45) is 0 Å². The molecule has 2 atom stereocenters. The van der Waals surface area contributed by atoms with Crippen molar-refractivity contribution in [2.45, 2.75) is 57.6 Å². The molecule has 2 fully saturated rings. The second kappa shape index (κ2) is 5.13. The minimum absolute atomic E-state index is 0.592. The molecule has 2 aliphatic rings. The van der Waals surface area contributed by atoms with Gasteiger partial charge >= 0.3 is 0 Å². The van der Waals surface area contributed by atoms with Crippen LogP contribution in [0.2, 0.25) is 0 Å². The van der Waals surface area contributed by atoms with Gasteiger partial charge in [-0.15, -0.1) is 0 Å². The standard InChI is InChI=1S/C12H23NO/c1-2-13-9-3-5-11(13)7-8-12-6-4-10-14-12/h11-12H,2-10H2,1H3. The zero-order chi connectivity index (χ0) is 9.80. The van der Waals surface area contributed by atoms with Gasteiger partial charge in [0.1, 0.15) is 0 Å². The third-order valence-electron chi connectivity index (χ3n) is 3.75. The van der Waals surface area contributed by atoms with Gasteiger partial charge in [-0.2, -0.15) is 0 Å². The Morgan fingerprint density at radius 2 is 2.14 bits per heavy atom. The van der Waals surface area contributed by atoms with E-state index in [-0.39, 0.29) is 0 Å². The van der Waals surface area contributed by atoms with Gasteiger partial charge in [0.05, 0.1) is 6.10 Å². The largest absolute Gasteiger partial charge is 0.378 e. The van der Waals surface area contributed by atoms with Crippen LogP contribution in [0.4, 0.5) is 0 Å². The Kier molecular flexibility index (Phi) is 3.82. The summed E-state index contributed by atoms with van der Waals surface area (Å²) in [5.41, 5.74) is 0. The van der Waals surface area contributed by atoms with E-state index in [9.17, 15) is 0 Å². The molecule has 0 aromatic carbocycles. The van der Waals surface area contributed by atoms with Gasteiger partial charge in [-0.3, -0.25) is 0 Å². The van der Waals surface area contributed by atoms with E-state index in [1.54, 1.807) is 0 Å². The number of hydrogen-bond acceptors (Lipinski definition) is 2. The Hall–Kier alpha value is -0.0800. The summed E-state index contributed by atoms with van der Waals surface area (Å²) in [5.74, 6) is 0. The minimum atomic E-state index is 0.592. The number of rotatable bonds is 4. The SMILES string of the molecule is CCN1CCCC1CCC1CCCO1. The summed E-state index contributed by atoms with van der Waals surface area (Å²) in [6, 6.07) is 0.865. The molecule has 0 aliphatic carbocycles. The van der Waals surface area contributed by atoms with E-state index < -0.39 is 0 Å². The Morgan fingerprint density at radius 3 is 2.86 bits per heavy atom. The summed E-state index contributed by atoms with van der Waals surface area (Å²) in [6.45, 7) is 5.85. The van der Waals surface area contributed by atoms with E-state index in [0.717, 1.165) is 12.6 Å². The highest BCUT2D eigenvalue weighted by Crippen LogP contribution is 2.24. The minimum Gasteiger partial charge on any atom is -0.378 e. The van der Waals surface area contributed by atoms with Gasteiger partial charge in [0.25, 0.3) is 0 Å². The quantitative estimate of drug-likeness (QED) is 0.686. The lowest BCUT2D eigenvalue weighted by Gasteiger charge is -2.23. The molecule has 2 heteroatoms. The van der Waals surface area contributed by atoms with E-state index in [4.69, 9.17) is 4.74 Å². The maximum absolute atomic E-state index is 5.66. The van der Waals surface area contributed by atoms with Crippen molar-refractivity contribution >= 4 is 0 Å². The molecule has 0 radical (unpaired) electrons. The van der Waals surface area contributed by atoms with Crippen LogP contribution in [-0.2, 0) is 4.74 Å². The first-order valence-corrected chi connectivity index (χ1v) is 6.26. The van der Waals surface area contributed by atoms with Crippen molar-refractivity contribution in [1.29, 1.82) is 0 Å². The zero-order valence-electron chi connectivity index (χ0n) is 9.37. The van der Waals surface area contributed by atoms with Crippen molar-refractivity contribution in [1.82, 2.24) is 4.90 Å². The molecule has 2 rings (SSSR count). The lowest BCUT2D eigenvalue weighted by atomic mass is 10.0. The van der Waals surface area contributed by atoms with Crippen LogP contribution in [0.25, 0.3) is 0 Å². The number of ether oxygens (including phenoxy) is 1. The highest BCUT2D eigenvalue weighted by Gasteiger charge is 2.24. The van der Waals surface area contributed by atoms with Crippen molar-refractivity contribution < 1.29 is 4.74 Å². The topological polar surface area (TPSA) is 12.5 Å². The molecule has 14 heavy (non-hydrogen) atoms. The summed E-state index contributed by atoms with van der Waals surface area (Å²) < 4.78 is 5.66. The Balaban J connectivity index is 1.68. The second-order valence-corrected chi connectivity index (χ2v) is 4.64. The number of hydrogen-bond donors (Lipinski definition) is 0. The number of nitrogens with zero attached hydrogens (tertiary/aromatic N) is 1. The molecule has 0 N–H and O–H groups in total. The molecule has 0 saturated carbocycles. The van der Waals surface area contributed by atoms with Gasteiger partial charge in [-0.1, -0.05) is 6.92 Å². The summed E-state index contributed by atoms with van der Waals surface area (Å²) in [5, 5.41) is 0. The van der Waals surface area contributed by atoms with Gasteiger partial charge in [0, 0.05) is 12.6 Å². The lowest BCUT2D eigenvalue weighted by Crippen LogP contribution is -2.29. The Morgan fingerprint density at radius 1 is 1.21 bits per heavy atom. The molecule has 0 aromatic rings. The summed E-state index contributed by atoms with van der Waals surface area (Å²) >= 11 is 0. The molecule has 82 valence electrons. The highest BCUT2D eigenvalue weighted by atomic mass is 16.5. The van der Waals surface area contributed by atoms with Gasteiger partial charge < -0.3 is 9.64 Å². The Labute approximate surface area is 87.6 Å². The van der Waals surface area contributed by atoms with Crippen LogP contribution in [0.1, 0.15) is 45.4 Å². The number of likely N-dealkylation sites (tertiary alicyclic amines) is 1. The summed E-state index contributed by atoms with van der Waals surface area (Å²) in [6.07, 6.45) is 8.66. The van der Waals surface area contributed by atoms with Crippen LogP contribution < -0.4 is 0 Å². The summed E-state index contributed by atoms with van der Waals surface area (Å²) in [4.78, 5) is 2.63. The summed E-state index contributed by atoms with van der Waals surface area (Å²) in [7, 11) is 0. The molecule has 2 saturated heterocycles. The maximum Gasteiger partial charge on any atom is 0.0576 e. The normalized spacial score (nSPS) is 34.1. The monoisotopic (exact) mass is 197 g/mol. The van der Waals surface area contributed by atoms with Crippen molar-refractivity contribution in [3.63, 3.8) is 0 Å². The van der Waals surface area contributed by atoms with Gasteiger partial charge in [0.2, 0.25) is 0 Å². The zero-order valence-corrected chi connectivity index (χ0v) is 9.37. The van der Waals surface area contributed by atoms with Crippen molar-refractivity contribution in [3.8, 4) is 0 Å². The first kappa shape index (κ1) is 10.4. The average molecular weight is 197 g/mol. The predicted molar refractivity (Wildman–Crippen MR) is 58.5 cm³/mol. The van der Waals surface area contributed by atoms with Crippen LogP contribution >= 0.6 is 0 Å². The van der Waals surface area contributed by atoms with Crippen molar-refractivity contribution in [2.75, 3.05) is 19.7 Å². The molecular formula is C12H23NO. The molecule has 2 unspecified atom stereocenters. The van der Waals surface area contributed by atoms with Crippen LogP contribution in [0, 0.1) is 0 Å². The van der Waals surface area contributed by atoms with E-state index in [1.807, 2.05) is 0 Å². The van der Waals surface area contributed by atoms with E-state index in [1.165, 1.54) is 51.6 Å². The highest BCUT2D eigenvalue weighted by molar-refractivity contribution is 4.79. The van der Waals surface area contributed by atoms with Crippen molar-refractivity contribution in [3.05, 3.63) is 0 Å². The van der Waals surface area contributed by atoms with E-state index >= 15 is 0 Å². The molecular weight excluding hydrogens is 174 g/mol. The molecule has 0 spiro atoms. The first-order chi connectivity index (χ1) is 6.90. The van der Waals surface area contributed by atoms with E-state index in [2.05, 4.69) is 11.8 Å². The van der Waals surface area contributed by atoms with Crippen LogP contribution in [0.3, 0.4) is 0 Å². The fraction of sp³-hybridized carbons (Fsp3) is 1.00. The predicted octanol–water partition coefficient (Wildman–Crippen LogP) is 2.43. The first-order valence-electron chi connectivity index (χ1n) is 6.26. The van der Waals surface area contributed by atoms with Gasteiger partial charge in [-0.25, -0.2) is 0 Å². The maximum atomic E-state index is 5.66. The average Bonchev–Trinajstić information content (AvgIpc) is 2.85. The molecule has 0 amide bonds. The van der Waals surface area contributed by atoms with Crippen LogP contribution in [0.5, 0.6) is 0 Å². The molecule has 2 heterocycles. The smallest absolute Gasteiger partial charge is 0.0576 e. The second-order valence-electron chi connectivity index (χ2n) is 4.64. The molecule has 0 aromatic heterocycles. The lowest BCUT2D eigenvalue weighted by molar-refractivity contribution is 0.0945. The molecule has 2 aliphatic heterocycles.